The van der Waals surface area contributed by atoms with E-state index in [1.54, 1.807) is 42.5 Å². The molecule has 0 radical (unpaired) electrons. The molecule has 2 N–H and O–H groups in total. The van der Waals surface area contributed by atoms with Crippen molar-refractivity contribution in [3.05, 3.63) is 101 Å². The minimum Gasteiger partial charge on any atom is -0.489 e. The summed E-state index contributed by atoms with van der Waals surface area (Å²) in [5.41, 5.74) is 6.08. The highest BCUT2D eigenvalue weighted by Gasteiger charge is 2.07. The fraction of sp³-hybridized carbons (Fsp3) is 0.120. The summed E-state index contributed by atoms with van der Waals surface area (Å²) < 4.78 is 5.72. The van der Waals surface area contributed by atoms with Crippen molar-refractivity contribution in [3.8, 4) is 11.8 Å². The van der Waals surface area contributed by atoms with Crippen LogP contribution in [0.25, 0.3) is 0 Å². The number of amides is 2. The van der Waals surface area contributed by atoms with Gasteiger partial charge in [0.25, 0.3) is 11.8 Å². The highest BCUT2D eigenvalue weighted by Crippen LogP contribution is 2.15. The van der Waals surface area contributed by atoms with Gasteiger partial charge in [0.1, 0.15) is 12.4 Å². The van der Waals surface area contributed by atoms with Crippen molar-refractivity contribution in [2.75, 3.05) is 6.54 Å². The summed E-state index contributed by atoms with van der Waals surface area (Å²) >= 11 is 0. The zero-order valence-electron chi connectivity index (χ0n) is 17.5. The van der Waals surface area contributed by atoms with Crippen molar-refractivity contribution >= 4 is 18.0 Å². The molecule has 2 amide bonds. The van der Waals surface area contributed by atoms with E-state index >= 15 is 0 Å². The van der Waals surface area contributed by atoms with Crippen LogP contribution in [0.2, 0.25) is 0 Å². The molecule has 0 unspecified atom stereocenters. The number of carbonyl (C=O) groups excluding carboxylic acids is 2. The first-order valence-electron chi connectivity index (χ1n) is 9.93. The van der Waals surface area contributed by atoms with Crippen LogP contribution in [0.3, 0.4) is 0 Å². The van der Waals surface area contributed by atoms with Gasteiger partial charge in [0, 0.05) is 11.1 Å². The lowest BCUT2D eigenvalue weighted by Crippen LogP contribution is -2.34. The molecule has 0 atom stereocenters. The van der Waals surface area contributed by atoms with Gasteiger partial charge in [0.05, 0.1) is 24.4 Å². The Morgan fingerprint density at radius 1 is 1.03 bits per heavy atom. The smallest absolute Gasteiger partial charge is 0.259 e. The minimum atomic E-state index is -0.433. The molecule has 7 nitrogen and oxygen atoms in total. The maximum Gasteiger partial charge on any atom is 0.259 e. The van der Waals surface area contributed by atoms with Gasteiger partial charge in [-0.15, -0.1) is 0 Å². The predicted molar refractivity (Wildman–Crippen MR) is 121 cm³/mol. The molecule has 7 heteroatoms. The number of ether oxygens (including phenoxy) is 1. The normalized spacial score (nSPS) is 10.4. The Bertz CT molecular complexity index is 1150. The zero-order valence-corrected chi connectivity index (χ0v) is 17.5. The number of nitrogens with zero attached hydrogens (tertiary/aromatic N) is 2. The summed E-state index contributed by atoms with van der Waals surface area (Å²) in [4.78, 5) is 23.9. The average molecular weight is 426 g/mol. The number of hydrogen-bond acceptors (Lipinski definition) is 5. The summed E-state index contributed by atoms with van der Waals surface area (Å²) in [6.45, 7) is 2.05. The first-order valence-corrected chi connectivity index (χ1v) is 9.93. The summed E-state index contributed by atoms with van der Waals surface area (Å²) in [6.07, 6.45) is 1.49. The zero-order chi connectivity index (χ0) is 22.8. The number of aryl methyl sites for hydroxylation is 1. The standard InChI is InChI=1S/C25H22N4O3/c1-18-6-10-20(11-7-18)25(31)27-16-24(30)29-28-15-19-8-12-23(13-9-19)32-17-22-5-3-2-4-21(22)14-26/h2-13,15H,16-17H2,1H3,(H,27,31)(H,29,30)/b28-15+. The van der Waals surface area contributed by atoms with Gasteiger partial charge < -0.3 is 10.1 Å². The molecule has 0 heterocycles. The second-order valence-corrected chi connectivity index (χ2v) is 6.97. The molecule has 32 heavy (non-hydrogen) atoms. The van der Waals surface area contributed by atoms with Gasteiger partial charge in [-0.3, -0.25) is 9.59 Å². The molecule has 0 saturated carbocycles. The van der Waals surface area contributed by atoms with Crippen LogP contribution in [-0.2, 0) is 11.4 Å². The summed E-state index contributed by atoms with van der Waals surface area (Å²) in [5, 5.41) is 15.6. The minimum absolute atomic E-state index is 0.180. The predicted octanol–water partition coefficient (Wildman–Crippen LogP) is 3.33. The third-order valence-electron chi connectivity index (χ3n) is 4.54. The largest absolute Gasteiger partial charge is 0.489 e. The van der Waals surface area contributed by atoms with Crippen molar-refractivity contribution in [1.29, 1.82) is 5.26 Å². The molecule has 0 aliphatic rings. The van der Waals surface area contributed by atoms with Gasteiger partial charge in [-0.2, -0.15) is 10.4 Å². The quantitative estimate of drug-likeness (QED) is 0.426. The van der Waals surface area contributed by atoms with E-state index in [1.165, 1.54) is 6.21 Å². The first-order chi connectivity index (χ1) is 15.5. The Morgan fingerprint density at radius 3 is 2.47 bits per heavy atom. The van der Waals surface area contributed by atoms with Crippen LogP contribution < -0.4 is 15.5 Å². The lowest BCUT2D eigenvalue weighted by atomic mass is 10.1. The van der Waals surface area contributed by atoms with E-state index in [1.807, 2.05) is 37.3 Å². The van der Waals surface area contributed by atoms with E-state index in [0.29, 0.717) is 23.5 Å². The summed E-state index contributed by atoms with van der Waals surface area (Å²) in [7, 11) is 0. The van der Waals surface area contributed by atoms with Gasteiger partial charge in [-0.1, -0.05) is 35.9 Å². The maximum atomic E-state index is 12.0. The third-order valence-corrected chi connectivity index (χ3v) is 4.54. The Morgan fingerprint density at radius 2 is 1.75 bits per heavy atom. The van der Waals surface area contributed by atoms with Crippen LogP contribution in [0, 0.1) is 18.3 Å². The molecule has 0 bridgehead atoms. The van der Waals surface area contributed by atoms with E-state index in [4.69, 9.17) is 10.00 Å². The van der Waals surface area contributed by atoms with Gasteiger partial charge in [-0.05, 0) is 55.0 Å². The number of carbonyl (C=O) groups is 2. The van der Waals surface area contributed by atoms with Crippen molar-refractivity contribution in [2.45, 2.75) is 13.5 Å². The van der Waals surface area contributed by atoms with Crippen molar-refractivity contribution in [3.63, 3.8) is 0 Å². The monoisotopic (exact) mass is 426 g/mol. The van der Waals surface area contributed by atoms with Crippen LogP contribution in [0.1, 0.15) is 32.6 Å². The van der Waals surface area contributed by atoms with Crippen LogP contribution in [0.15, 0.2) is 77.9 Å². The molecular weight excluding hydrogens is 404 g/mol. The second-order valence-electron chi connectivity index (χ2n) is 6.97. The Hall–Kier alpha value is -4.44. The molecule has 0 aliphatic heterocycles. The second kappa shape index (κ2) is 11.1. The molecule has 3 aromatic rings. The highest BCUT2D eigenvalue weighted by molar-refractivity contribution is 5.96. The van der Waals surface area contributed by atoms with Gasteiger partial charge >= 0.3 is 0 Å². The molecule has 0 fully saturated rings. The average Bonchev–Trinajstić information content (AvgIpc) is 2.82. The number of rotatable bonds is 8. The third kappa shape index (κ3) is 6.54. The van der Waals surface area contributed by atoms with Gasteiger partial charge in [0.15, 0.2) is 0 Å². The first kappa shape index (κ1) is 22.2. The van der Waals surface area contributed by atoms with E-state index < -0.39 is 5.91 Å². The number of hydrazone groups is 1. The molecule has 160 valence electrons. The van der Waals surface area contributed by atoms with Crippen LogP contribution in [0.5, 0.6) is 5.75 Å². The fourth-order valence-electron chi connectivity index (χ4n) is 2.75. The SMILES string of the molecule is Cc1ccc(C(=O)NCC(=O)N/N=C/c2ccc(OCc3ccccc3C#N)cc2)cc1. The molecule has 0 aromatic heterocycles. The lowest BCUT2D eigenvalue weighted by molar-refractivity contribution is -0.120. The lowest BCUT2D eigenvalue weighted by Gasteiger charge is -2.07. The van der Waals surface area contributed by atoms with Crippen LogP contribution in [-0.4, -0.2) is 24.6 Å². The van der Waals surface area contributed by atoms with E-state index in [9.17, 15) is 9.59 Å². The number of nitrogens with one attached hydrogen (secondary N) is 2. The Kier molecular flexibility index (Phi) is 7.71. The molecule has 3 rings (SSSR count). The van der Waals surface area contributed by atoms with Crippen molar-refractivity contribution in [1.82, 2.24) is 10.7 Å². The molecule has 3 aromatic carbocycles. The summed E-state index contributed by atoms with van der Waals surface area (Å²) in [6, 6.07) is 23.6. The van der Waals surface area contributed by atoms with Crippen molar-refractivity contribution in [2.24, 2.45) is 5.10 Å². The Balaban J connectivity index is 1.43. The number of benzene rings is 3. The topological polar surface area (TPSA) is 104 Å². The maximum absolute atomic E-state index is 12.0. The van der Waals surface area contributed by atoms with Crippen LogP contribution in [0.4, 0.5) is 0 Å². The Labute approximate surface area is 186 Å². The van der Waals surface area contributed by atoms with E-state index in [0.717, 1.165) is 16.7 Å². The van der Waals surface area contributed by atoms with Gasteiger partial charge in [0.2, 0.25) is 0 Å². The molecular formula is C25H22N4O3. The van der Waals surface area contributed by atoms with Crippen molar-refractivity contribution < 1.29 is 14.3 Å². The molecule has 0 spiro atoms. The highest BCUT2D eigenvalue weighted by atomic mass is 16.5. The number of hydrogen-bond donors (Lipinski definition) is 2. The van der Waals surface area contributed by atoms with Gasteiger partial charge in [-0.25, -0.2) is 5.43 Å². The number of nitriles is 1. The van der Waals surface area contributed by atoms with Crippen LogP contribution >= 0.6 is 0 Å². The van der Waals surface area contributed by atoms with E-state index in [-0.39, 0.29) is 12.5 Å². The summed E-state index contributed by atoms with van der Waals surface area (Å²) in [5.74, 6) is -0.104. The van der Waals surface area contributed by atoms with E-state index in [2.05, 4.69) is 21.9 Å². The fourth-order valence-corrected chi connectivity index (χ4v) is 2.75. The molecule has 0 saturated heterocycles. The molecule has 0 aliphatic carbocycles.